The summed E-state index contributed by atoms with van der Waals surface area (Å²) in [5.41, 5.74) is 14.5. The van der Waals surface area contributed by atoms with Crippen LogP contribution >= 0.6 is 0 Å². The van der Waals surface area contributed by atoms with Crippen LogP contribution in [0.15, 0.2) is 54.1 Å². The van der Waals surface area contributed by atoms with Crippen LogP contribution in [0.5, 0.6) is 0 Å². The van der Waals surface area contributed by atoms with E-state index in [4.69, 9.17) is 10.5 Å². The Labute approximate surface area is 215 Å². The Morgan fingerprint density at radius 1 is 1.11 bits per heavy atom. The number of benzene rings is 2. The van der Waals surface area contributed by atoms with Gasteiger partial charge in [-0.1, -0.05) is 36.4 Å². The quantitative estimate of drug-likeness (QED) is 0.576. The maximum absolute atomic E-state index is 12.9. The van der Waals surface area contributed by atoms with Crippen molar-refractivity contribution in [2.45, 2.75) is 59.2 Å². The lowest BCUT2D eigenvalue weighted by atomic mass is 9.86. The van der Waals surface area contributed by atoms with Crippen molar-refractivity contribution in [3.63, 3.8) is 0 Å². The number of para-hydroxylation sites is 1. The third-order valence-electron chi connectivity index (χ3n) is 7.22. The fourth-order valence-corrected chi connectivity index (χ4v) is 5.24. The lowest BCUT2D eigenvalue weighted by Gasteiger charge is -2.45. The number of allylic oxidation sites excluding steroid dienone is 2. The number of fused-ring (bicyclic) bond motifs is 1. The Bertz CT molecular complexity index is 1120. The predicted octanol–water partition coefficient (Wildman–Crippen LogP) is 5.24. The Kier molecular flexibility index (Phi) is 9.48. The molecule has 0 saturated carbocycles. The van der Waals surface area contributed by atoms with Gasteiger partial charge in [0.1, 0.15) is 13.0 Å². The minimum absolute atomic E-state index is 0.00214. The van der Waals surface area contributed by atoms with E-state index in [-0.39, 0.29) is 18.1 Å². The van der Waals surface area contributed by atoms with E-state index in [9.17, 15) is 4.79 Å². The van der Waals surface area contributed by atoms with Crippen LogP contribution in [0.4, 0.5) is 11.4 Å². The van der Waals surface area contributed by atoms with E-state index >= 15 is 0 Å². The van der Waals surface area contributed by atoms with Crippen LogP contribution in [0, 0.1) is 0 Å². The largest absolute Gasteiger partial charge is 0.372 e. The summed E-state index contributed by atoms with van der Waals surface area (Å²) in [6.07, 6.45) is 9.07. The van der Waals surface area contributed by atoms with E-state index in [1.807, 2.05) is 44.9 Å². The number of amides is 1. The molecule has 2 unspecified atom stereocenters. The summed E-state index contributed by atoms with van der Waals surface area (Å²) >= 11 is 0. The standard InChI is InChI=1S/C25H30N4O.C4H8.CH2O/c1-3-28(4-2)19-11-10-16-14-18(9-8-17(16)15-19)24-27-25(30)21-7-5-6-20-22(26)12-13-29(24)23(20)21;1-3-4-2;1-2/h5-7,10-11,14-15,22,24H,3-4,8-9,12-13,26H2,1-2H3,(H,27,30);3-4H,1-2H3;1H2/b;4-3-;. The highest BCUT2D eigenvalue weighted by Crippen LogP contribution is 2.41. The van der Waals surface area contributed by atoms with E-state index in [1.165, 1.54) is 22.4 Å². The molecule has 0 saturated heterocycles. The lowest BCUT2D eigenvalue weighted by molar-refractivity contribution is -0.0980. The molecule has 2 heterocycles. The summed E-state index contributed by atoms with van der Waals surface area (Å²) in [4.78, 5) is 25.6. The average molecular weight is 489 g/mol. The van der Waals surface area contributed by atoms with Crippen molar-refractivity contribution >= 4 is 30.1 Å². The molecule has 2 aromatic rings. The van der Waals surface area contributed by atoms with E-state index in [0.29, 0.717) is 0 Å². The van der Waals surface area contributed by atoms with Crippen LogP contribution in [-0.2, 0) is 11.2 Å². The van der Waals surface area contributed by atoms with Crippen LogP contribution in [0.25, 0.3) is 6.08 Å². The minimum Gasteiger partial charge on any atom is -0.372 e. The molecule has 6 heteroatoms. The van der Waals surface area contributed by atoms with Crippen LogP contribution in [0.3, 0.4) is 0 Å². The molecule has 0 aromatic heterocycles. The Balaban J connectivity index is 0.000000550. The minimum atomic E-state index is -0.0886. The number of rotatable bonds is 4. The van der Waals surface area contributed by atoms with E-state index in [1.54, 1.807) is 0 Å². The second kappa shape index (κ2) is 12.5. The number of nitrogens with zero attached hydrogens (tertiary/aromatic N) is 2. The van der Waals surface area contributed by atoms with E-state index < -0.39 is 0 Å². The van der Waals surface area contributed by atoms with Crippen LogP contribution < -0.4 is 20.9 Å². The fourth-order valence-electron chi connectivity index (χ4n) is 5.24. The molecule has 6 nitrogen and oxygen atoms in total. The van der Waals surface area contributed by atoms with Gasteiger partial charge >= 0.3 is 0 Å². The molecule has 3 aliphatic rings. The summed E-state index contributed by atoms with van der Waals surface area (Å²) in [7, 11) is 0. The monoisotopic (exact) mass is 488 g/mol. The van der Waals surface area contributed by atoms with Crippen LogP contribution in [-0.4, -0.2) is 38.5 Å². The lowest BCUT2D eigenvalue weighted by Crippen LogP contribution is -2.56. The molecule has 1 aliphatic carbocycles. The first-order valence-electron chi connectivity index (χ1n) is 12.9. The molecule has 3 N–H and O–H groups in total. The first kappa shape index (κ1) is 27.2. The zero-order valence-corrected chi connectivity index (χ0v) is 22.1. The topological polar surface area (TPSA) is 78.7 Å². The van der Waals surface area contributed by atoms with E-state index in [2.05, 4.69) is 59.3 Å². The van der Waals surface area contributed by atoms with Gasteiger partial charge in [-0.25, -0.2) is 0 Å². The molecule has 0 fully saturated rings. The van der Waals surface area contributed by atoms with Gasteiger partial charge in [-0.2, -0.15) is 0 Å². The SMILES string of the molecule is C/C=C\C.C=O.CCN(CC)c1ccc2c(c1)CCC(C1NC(=O)c3cccc4c3N1CCC4N)=C2. The molecular weight excluding hydrogens is 448 g/mol. The Hall–Kier alpha value is -3.38. The van der Waals surface area contributed by atoms with Crippen LogP contribution in [0.2, 0.25) is 0 Å². The smallest absolute Gasteiger partial charge is 0.255 e. The first-order valence-corrected chi connectivity index (χ1v) is 12.9. The maximum Gasteiger partial charge on any atom is 0.255 e. The van der Waals surface area contributed by atoms with Crippen LogP contribution in [0.1, 0.15) is 73.6 Å². The van der Waals surface area contributed by atoms with Gasteiger partial charge in [0.2, 0.25) is 0 Å². The Morgan fingerprint density at radius 3 is 2.50 bits per heavy atom. The maximum atomic E-state index is 12.9. The molecule has 2 atom stereocenters. The van der Waals surface area contributed by atoms with Gasteiger partial charge in [0.25, 0.3) is 5.91 Å². The summed E-state index contributed by atoms with van der Waals surface area (Å²) in [5.74, 6) is 0.00535. The number of nitrogens with two attached hydrogens (primary N) is 1. The molecule has 5 rings (SSSR count). The number of nitrogens with one attached hydrogen (secondary N) is 1. The van der Waals surface area contributed by atoms with Gasteiger partial charge in [0.15, 0.2) is 0 Å². The number of hydrogen-bond donors (Lipinski definition) is 2. The van der Waals surface area contributed by atoms with Crippen molar-refractivity contribution in [3.8, 4) is 0 Å². The zero-order chi connectivity index (χ0) is 26.2. The molecule has 0 radical (unpaired) electrons. The van der Waals surface area contributed by atoms with Gasteiger partial charge in [-0.05, 0) is 87.4 Å². The fraction of sp³-hybridized carbons (Fsp3) is 0.400. The highest BCUT2D eigenvalue weighted by molar-refractivity contribution is 6.03. The number of aryl methyl sites for hydroxylation is 1. The number of anilines is 2. The highest BCUT2D eigenvalue weighted by Gasteiger charge is 2.38. The van der Waals surface area contributed by atoms with E-state index in [0.717, 1.165) is 55.7 Å². The van der Waals surface area contributed by atoms with Gasteiger partial charge in [-0.3, -0.25) is 4.79 Å². The second-order valence-electron chi connectivity index (χ2n) is 9.15. The molecule has 0 spiro atoms. The third-order valence-corrected chi connectivity index (χ3v) is 7.22. The third kappa shape index (κ3) is 5.39. The summed E-state index contributed by atoms with van der Waals surface area (Å²) < 4.78 is 0. The summed E-state index contributed by atoms with van der Waals surface area (Å²) in [6, 6.07) is 12.7. The highest BCUT2D eigenvalue weighted by atomic mass is 16.2. The summed E-state index contributed by atoms with van der Waals surface area (Å²) in [5, 5.41) is 3.27. The number of carbonyl (C=O) groups excluding carboxylic acids is 2. The van der Waals surface area contributed by atoms with Gasteiger partial charge < -0.3 is 25.6 Å². The number of carbonyl (C=O) groups is 2. The molecule has 192 valence electrons. The number of hydrogen-bond acceptors (Lipinski definition) is 5. The van der Waals surface area contributed by atoms with Gasteiger partial charge in [-0.15, -0.1) is 0 Å². The zero-order valence-electron chi connectivity index (χ0n) is 22.1. The predicted molar refractivity (Wildman–Crippen MR) is 150 cm³/mol. The molecule has 1 amide bonds. The molecule has 2 aromatic carbocycles. The molecule has 36 heavy (non-hydrogen) atoms. The molecular formula is C30H40N4O2. The Morgan fingerprint density at radius 2 is 1.83 bits per heavy atom. The van der Waals surface area contributed by atoms with Crippen molar-refractivity contribution in [2.75, 3.05) is 29.4 Å². The normalized spacial score (nSPS) is 19.5. The second-order valence-corrected chi connectivity index (χ2v) is 9.15. The van der Waals surface area contributed by atoms with Crippen molar-refractivity contribution < 1.29 is 9.59 Å². The average Bonchev–Trinajstić information content (AvgIpc) is 2.93. The molecule has 0 bridgehead atoms. The van der Waals surface area contributed by atoms with Crippen molar-refractivity contribution in [3.05, 3.63) is 76.4 Å². The van der Waals surface area contributed by atoms with Crippen molar-refractivity contribution in [1.29, 1.82) is 0 Å². The first-order chi connectivity index (χ1) is 17.5. The van der Waals surface area contributed by atoms with Gasteiger partial charge in [0.05, 0.1) is 11.3 Å². The van der Waals surface area contributed by atoms with Gasteiger partial charge in [0, 0.05) is 31.4 Å². The van der Waals surface area contributed by atoms with Crippen molar-refractivity contribution in [1.82, 2.24) is 5.32 Å². The molecule has 2 aliphatic heterocycles. The van der Waals surface area contributed by atoms with Crippen molar-refractivity contribution in [2.24, 2.45) is 5.73 Å². The summed E-state index contributed by atoms with van der Waals surface area (Å²) in [6.45, 7) is 13.3.